The van der Waals surface area contributed by atoms with Gasteiger partial charge in [-0.15, -0.1) is 0 Å². The monoisotopic (exact) mass is 374 g/mol. The molecule has 0 atom stereocenters. The van der Waals surface area contributed by atoms with E-state index >= 15 is 0 Å². The summed E-state index contributed by atoms with van der Waals surface area (Å²) in [5.74, 6) is -1.05. The van der Waals surface area contributed by atoms with Crippen LogP contribution in [0.4, 0.5) is 10.1 Å². The van der Waals surface area contributed by atoms with Crippen molar-refractivity contribution >= 4 is 17.2 Å². The number of nitrogens with zero attached hydrogens (tertiary/aromatic N) is 2. The molecule has 1 N–H and O–H groups in total. The zero-order valence-corrected chi connectivity index (χ0v) is 15.3. The van der Waals surface area contributed by atoms with E-state index in [2.05, 4.69) is 0 Å². The van der Waals surface area contributed by atoms with Crippen molar-refractivity contribution in [3.05, 3.63) is 45.1 Å². The zero-order chi connectivity index (χ0) is 19.1. The molecule has 1 aliphatic heterocycles. The highest BCUT2D eigenvalue weighted by molar-refractivity contribution is 5.90. The molecule has 1 aliphatic carbocycles. The van der Waals surface area contributed by atoms with Gasteiger partial charge in [0.05, 0.1) is 30.6 Å². The van der Waals surface area contributed by atoms with E-state index in [1.807, 2.05) is 4.90 Å². The number of hydrogen-bond donors (Lipinski definition) is 1. The minimum absolute atomic E-state index is 0.0894. The van der Waals surface area contributed by atoms with Crippen molar-refractivity contribution in [3.8, 4) is 0 Å². The van der Waals surface area contributed by atoms with Crippen molar-refractivity contribution in [2.24, 2.45) is 0 Å². The van der Waals surface area contributed by atoms with Crippen LogP contribution in [0, 0.1) is 5.82 Å². The molecule has 0 amide bonds. The Labute approximate surface area is 156 Å². The van der Waals surface area contributed by atoms with Crippen molar-refractivity contribution in [1.82, 2.24) is 4.40 Å². The van der Waals surface area contributed by atoms with E-state index in [1.54, 1.807) is 13.0 Å². The number of pyridine rings is 2. The number of hydrogen-bond acceptors (Lipinski definition) is 5. The maximum absolute atomic E-state index is 15.0. The average Bonchev–Trinajstić information content (AvgIpc) is 3.36. The van der Waals surface area contributed by atoms with Gasteiger partial charge in [-0.3, -0.25) is 9.20 Å². The highest BCUT2D eigenvalue weighted by Crippen LogP contribution is 2.44. The van der Waals surface area contributed by atoms with Gasteiger partial charge < -0.3 is 14.7 Å². The van der Waals surface area contributed by atoms with Gasteiger partial charge in [0.2, 0.25) is 0 Å². The Bertz CT molecular complexity index is 959. The number of fused-ring (bicyclic) bond motifs is 1. The minimum atomic E-state index is -0.701. The van der Waals surface area contributed by atoms with E-state index in [-0.39, 0.29) is 24.7 Å². The molecule has 2 fully saturated rings. The standard InChI is InChI=1S/C20H23FN2O4/c1-2-27-20(26)14-9-13(12-5-6-12)17-15(11-24)18(22-7-3-4-8-22)16(21)10-23(17)19(14)25/h9-10,12,24H,2-8,11H2,1H3. The second-order valence-corrected chi connectivity index (χ2v) is 7.19. The summed E-state index contributed by atoms with van der Waals surface area (Å²) in [4.78, 5) is 27.1. The molecular weight excluding hydrogens is 351 g/mol. The van der Waals surface area contributed by atoms with Crippen molar-refractivity contribution in [2.75, 3.05) is 24.6 Å². The first-order chi connectivity index (χ1) is 13.1. The number of aliphatic hydroxyl groups excluding tert-OH is 1. The van der Waals surface area contributed by atoms with Crippen LogP contribution in [0.3, 0.4) is 0 Å². The Kier molecular flexibility index (Phi) is 4.63. The van der Waals surface area contributed by atoms with Crippen LogP contribution in [0.2, 0.25) is 0 Å². The highest BCUT2D eigenvalue weighted by Gasteiger charge is 2.32. The van der Waals surface area contributed by atoms with Crippen molar-refractivity contribution < 1.29 is 19.0 Å². The summed E-state index contributed by atoms with van der Waals surface area (Å²) >= 11 is 0. The topological polar surface area (TPSA) is 71.2 Å². The van der Waals surface area contributed by atoms with Gasteiger partial charge in [-0.2, -0.15) is 0 Å². The first-order valence-corrected chi connectivity index (χ1v) is 9.50. The molecule has 1 saturated carbocycles. The van der Waals surface area contributed by atoms with Crippen molar-refractivity contribution in [2.45, 2.75) is 45.1 Å². The first kappa shape index (κ1) is 18.0. The molecule has 2 aromatic rings. The molecular formula is C20H23FN2O4. The molecule has 0 spiro atoms. The third-order valence-electron chi connectivity index (χ3n) is 5.40. The normalized spacial score (nSPS) is 16.9. The first-order valence-electron chi connectivity index (χ1n) is 9.50. The molecule has 27 heavy (non-hydrogen) atoms. The van der Waals surface area contributed by atoms with Crippen LogP contribution in [0.1, 0.15) is 60.0 Å². The van der Waals surface area contributed by atoms with Crippen molar-refractivity contribution in [1.29, 1.82) is 0 Å². The summed E-state index contributed by atoms with van der Waals surface area (Å²) in [6.07, 6.45) is 4.98. The van der Waals surface area contributed by atoms with Crippen LogP contribution < -0.4 is 10.5 Å². The van der Waals surface area contributed by atoms with E-state index in [1.165, 1.54) is 4.40 Å². The lowest BCUT2D eigenvalue weighted by atomic mass is 10.0. The molecule has 6 nitrogen and oxygen atoms in total. The Balaban J connectivity index is 2.03. The van der Waals surface area contributed by atoms with Gasteiger partial charge in [-0.1, -0.05) is 0 Å². The van der Waals surface area contributed by atoms with Gasteiger partial charge in [0.15, 0.2) is 5.82 Å². The maximum Gasteiger partial charge on any atom is 0.343 e. The lowest BCUT2D eigenvalue weighted by Gasteiger charge is -2.24. The average molecular weight is 374 g/mol. The zero-order valence-electron chi connectivity index (χ0n) is 15.3. The molecule has 0 unspecified atom stereocenters. The summed E-state index contributed by atoms with van der Waals surface area (Å²) in [6.45, 7) is 2.91. The van der Waals surface area contributed by atoms with E-state index in [9.17, 15) is 19.1 Å². The largest absolute Gasteiger partial charge is 0.462 e. The predicted octanol–water partition coefficient (Wildman–Crippen LogP) is 2.59. The van der Waals surface area contributed by atoms with Gasteiger partial charge in [-0.25, -0.2) is 9.18 Å². The fraction of sp³-hybridized carbons (Fsp3) is 0.500. The van der Waals surface area contributed by atoms with Crippen LogP contribution in [0.5, 0.6) is 0 Å². The van der Waals surface area contributed by atoms with Gasteiger partial charge in [0.1, 0.15) is 5.56 Å². The fourth-order valence-corrected chi connectivity index (χ4v) is 4.02. The van der Waals surface area contributed by atoms with Gasteiger partial charge in [0.25, 0.3) is 5.56 Å². The Morgan fingerprint density at radius 2 is 2.04 bits per heavy atom. The summed E-state index contributed by atoms with van der Waals surface area (Å²) in [6, 6.07) is 1.58. The summed E-state index contributed by atoms with van der Waals surface area (Å²) in [5, 5.41) is 10.1. The fourth-order valence-electron chi connectivity index (χ4n) is 4.02. The number of ether oxygens (including phenoxy) is 1. The van der Waals surface area contributed by atoms with Crippen LogP contribution in [-0.4, -0.2) is 35.2 Å². The molecule has 3 heterocycles. The molecule has 0 radical (unpaired) electrons. The Hall–Kier alpha value is -2.41. The van der Waals surface area contributed by atoms with E-state index in [0.717, 1.165) is 50.5 Å². The summed E-state index contributed by atoms with van der Waals surface area (Å²) < 4.78 is 21.2. The molecule has 0 aromatic carbocycles. The third-order valence-corrected chi connectivity index (χ3v) is 5.40. The van der Waals surface area contributed by atoms with Gasteiger partial charge >= 0.3 is 5.97 Å². The molecule has 144 valence electrons. The molecule has 0 bridgehead atoms. The predicted molar refractivity (Wildman–Crippen MR) is 98.9 cm³/mol. The smallest absolute Gasteiger partial charge is 0.343 e. The second kappa shape index (κ2) is 6.96. The van der Waals surface area contributed by atoms with Crippen LogP contribution >= 0.6 is 0 Å². The van der Waals surface area contributed by atoms with E-state index in [4.69, 9.17) is 4.74 Å². The number of aromatic nitrogens is 1. The van der Waals surface area contributed by atoms with Crippen molar-refractivity contribution in [3.63, 3.8) is 0 Å². The number of aliphatic hydroxyl groups is 1. The van der Waals surface area contributed by atoms with E-state index < -0.39 is 17.3 Å². The van der Waals surface area contributed by atoms with Crippen LogP contribution in [-0.2, 0) is 11.3 Å². The SMILES string of the molecule is CCOC(=O)c1cc(C2CC2)c2c(CO)c(N3CCCC3)c(F)cn2c1=O. The quantitative estimate of drug-likeness (QED) is 0.815. The Morgan fingerprint density at radius 3 is 2.63 bits per heavy atom. The Morgan fingerprint density at radius 1 is 1.33 bits per heavy atom. The maximum atomic E-state index is 15.0. The second-order valence-electron chi connectivity index (χ2n) is 7.19. The third kappa shape index (κ3) is 3.00. The summed E-state index contributed by atoms with van der Waals surface area (Å²) in [5.41, 5.74) is 1.43. The number of carbonyl (C=O) groups excluding carboxylic acids is 1. The summed E-state index contributed by atoms with van der Waals surface area (Å²) in [7, 11) is 0. The lowest BCUT2D eigenvalue weighted by molar-refractivity contribution is 0.0524. The number of halogens is 1. The van der Waals surface area contributed by atoms with Gasteiger partial charge in [0, 0.05) is 18.7 Å². The number of anilines is 1. The lowest BCUT2D eigenvalue weighted by Crippen LogP contribution is -2.28. The molecule has 7 heteroatoms. The molecule has 1 saturated heterocycles. The highest BCUT2D eigenvalue weighted by atomic mass is 19.1. The van der Waals surface area contributed by atoms with Gasteiger partial charge in [-0.05, 0) is 50.2 Å². The number of rotatable bonds is 5. The van der Waals surface area contributed by atoms with Crippen LogP contribution in [0.25, 0.3) is 5.52 Å². The molecule has 4 rings (SSSR count). The molecule has 2 aromatic heterocycles. The molecule has 2 aliphatic rings. The van der Waals surface area contributed by atoms with E-state index in [0.29, 0.717) is 16.8 Å². The van der Waals surface area contributed by atoms with Crippen LogP contribution in [0.15, 0.2) is 17.1 Å². The minimum Gasteiger partial charge on any atom is -0.462 e. The number of esters is 1. The number of carbonyl (C=O) groups is 1.